The van der Waals surface area contributed by atoms with Gasteiger partial charge in [0, 0.05) is 25.0 Å². The molecule has 1 saturated carbocycles. The first-order chi connectivity index (χ1) is 10.3. The zero-order valence-corrected chi connectivity index (χ0v) is 13.1. The van der Waals surface area contributed by atoms with Crippen LogP contribution < -0.4 is 10.6 Å². The molecule has 1 aliphatic carbocycles. The maximum absolute atomic E-state index is 5.18. The van der Waals surface area contributed by atoms with Gasteiger partial charge in [0.25, 0.3) is 0 Å². The molecule has 2 N–H and O–H groups in total. The Morgan fingerprint density at radius 2 is 2.05 bits per heavy atom. The summed E-state index contributed by atoms with van der Waals surface area (Å²) in [6.07, 6.45) is 10.4. The lowest BCUT2D eigenvalue weighted by molar-refractivity contribution is 0.182. The minimum Gasteiger partial charge on any atom is -0.339 e. The Kier molecular flexibility index (Phi) is 5.25. The first-order valence-corrected chi connectivity index (χ1v) is 8.59. The van der Waals surface area contributed by atoms with Gasteiger partial charge in [-0.25, -0.2) is 0 Å². The van der Waals surface area contributed by atoms with Gasteiger partial charge in [0.05, 0.1) is 0 Å². The molecule has 0 amide bonds. The maximum Gasteiger partial charge on any atom is 0.227 e. The average molecular weight is 292 g/mol. The standard InChI is InChI=1S/C16H28N4O/c1-12-19-16(21-20-12)9-11-18-15-7-3-2-6-13(15)14-8-4-5-10-17-14/h13-15,17-18H,2-11H2,1H3. The van der Waals surface area contributed by atoms with Crippen molar-refractivity contribution >= 4 is 0 Å². The summed E-state index contributed by atoms with van der Waals surface area (Å²) in [4.78, 5) is 4.27. The van der Waals surface area contributed by atoms with E-state index in [4.69, 9.17) is 4.52 Å². The maximum atomic E-state index is 5.18. The summed E-state index contributed by atoms with van der Waals surface area (Å²) in [7, 11) is 0. The van der Waals surface area contributed by atoms with Gasteiger partial charge in [-0.15, -0.1) is 0 Å². The molecular formula is C16H28N4O. The Balaban J connectivity index is 1.49. The molecule has 1 aromatic rings. The third-order valence-electron chi connectivity index (χ3n) is 5.00. The first kappa shape index (κ1) is 15.0. The fourth-order valence-corrected chi connectivity index (χ4v) is 3.94. The molecule has 1 saturated heterocycles. The van der Waals surface area contributed by atoms with Crippen LogP contribution in [-0.4, -0.2) is 35.3 Å². The molecule has 3 unspecified atom stereocenters. The van der Waals surface area contributed by atoms with E-state index in [2.05, 4.69) is 20.8 Å². The minimum atomic E-state index is 0.651. The predicted molar refractivity (Wildman–Crippen MR) is 82.1 cm³/mol. The lowest BCUT2D eigenvalue weighted by Crippen LogP contribution is -2.50. The van der Waals surface area contributed by atoms with Crippen molar-refractivity contribution in [1.29, 1.82) is 0 Å². The molecule has 0 aromatic carbocycles. The normalized spacial score (nSPS) is 30.4. The molecule has 0 radical (unpaired) electrons. The highest BCUT2D eigenvalue weighted by Gasteiger charge is 2.32. The van der Waals surface area contributed by atoms with Gasteiger partial charge in [0.15, 0.2) is 5.82 Å². The summed E-state index contributed by atoms with van der Waals surface area (Å²) in [6.45, 7) is 4.01. The second-order valence-corrected chi connectivity index (χ2v) is 6.55. The lowest BCUT2D eigenvalue weighted by atomic mass is 9.77. The number of hydrogen-bond acceptors (Lipinski definition) is 5. The lowest BCUT2D eigenvalue weighted by Gasteiger charge is -2.40. The van der Waals surface area contributed by atoms with E-state index in [0.717, 1.165) is 36.6 Å². The van der Waals surface area contributed by atoms with Crippen LogP contribution in [0.3, 0.4) is 0 Å². The third-order valence-corrected chi connectivity index (χ3v) is 5.00. The molecule has 1 aromatic heterocycles. The summed E-state index contributed by atoms with van der Waals surface area (Å²) in [5, 5.41) is 11.4. The number of aryl methyl sites for hydroxylation is 1. The summed E-state index contributed by atoms with van der Waals surface area (Å²) >= 11 is 0. The fourth-order valence-electron chi connectivity index (χ4n) is 3.94. The van der Waals surface area contributed by atoms with Gasteiger partial charge >= 0.3 is 0 Å². The molecular weight excluding hydrogens is 264 g/mol. The van der Waals surface area contributed by atoms with Crippen LogP contribution >= 0.6 is 0 Å². The largest absolute Gasteiger partial charge is 0.339 e. The predicted octanol–water partition coefficient (Wildman–Crippen LogP) is 2.21. The van der Waals surface area contributed by atoms with Gasteiger partial charge in [0.1, 0.15) is 0 Å². The highest BCUT2D eigenvalue weighted by molar-refractivity contribution is 4.91. The second kappa shape index (κ2) is 7.36. The van der Waals surface area contributed by atoms with E-state index in [-0.39, 0.29) is 0 Å². The molecule has 0 spiro atoms. The van der Waals surface area contributed by atoms with Gasteiger partial charge < -0.3 is 15.2 Å². The number of nitrogens with zero attached hydrogens (tertiary/aromatic N) is 2. The van der Waals surface area contributed by atoms with Crippen molar-refractivity contribution in [2.24, 2.45) is 5.92 Å². The highest BCUT2D eigenvalue weighted by Crippen LogP contribution is 2.30. The van der Waals surface area contributed by atoms with E-state index in [1.807, 2.05) is 6.92 Å². The zero-order valence-electron chi connectivity index (χ0n) is 13.1. The van der Waals surface area contributed by atoms with E-state index in [1.54, 1.807) is 0 Å². The van der Waals surface area contributed by atoms with Crippen LogP contribution in [0.25, 0.3) is 0 Å². The van der Waals surface area contributed by atoms with Crippen molar-refractivity contribution < 1.29 is 4.52 Å². The summed E-state index contributed by atoms with van der Waals surface area (Å²) in [6, 6.07) is 1.38. The van der Waals surface area contributed by atoms with Crippen molar-refractivity contribution in [3.63, 3.8) is 0 Å². The number of rotatable bonds is 5. The average Bonchev–Trinajstić information content (AvgIpc) is 2.94. The molecule has 3 rings (SSSR count). The van der Waals surface area contributed by atoms with Crippen molar-refractivity contribution in [1.82, 2.24) is 20.8 Å². The number of piperidine rings is 1. The van der Waals surface area contributed by atoms with Crippen LogP contribution in [-0.2, 0) is 6.42 Å². The van der Waals surface area contributed by atoms with E-state index in [0.29, 0.717) is 6.04 Å². The topological polar surface area (TPSA) is 63.0 Å². The molecule has 0 bridgehead atoms. The Morgan fingerprint density at radius 1 is 1.19 bits per heavy atom. The van der Waals surface area contributed by atoms with Crippen LogP contribution in [0.5, 0.6) is 0 Å². The minimum absolute atomic E-state index is 0.651. The first-order valence-electron chi connectivity index (χ1n) is 8.59. The van der Waals surface area contributed by atoms with Crippen LogP contribution in [0.1, 0.15) is 56.7 Å². The van der Waals surface area contributed by atoms with E-state index < -0.39 is 0 Å². The van der Waals surface area contributed by atoms with Gasteiger partial charge in [0.2, 0.25) is 5.89 Å². The Labute approximate surface area is 127 Å². The van der Waals surface area contributed by atoms with Crippen molar-refractivity contribution in [2.45, 2.75) is 70.4 Å². The Hall–Kier alpha value is -0.940. The van der Waals surface area contributed by atoms with E-state index in [9.17, 15) is 0 Å². The van der Waals surface area contributed by atoms with Crippen LogP contribution in [0.4, 0.5) is 0 Å². The molecule has 2 fully saturated rings. The Bertz CT molecular complexity index is 428. The van der Waals surface area contributed by atoms with Crippen molar-refractivity contribution in [3.05, 3.63) is 11.7 Å². The monoisotopic (exact) mass is 292 g/mol. The molecule has 1 aliphatic heterocycles. The van der Waals surface area contributed by atoms with Gasteiger partial charge in [-0.2, -0.15) is 4.98 Å². The van der Waals surface area contributed by atoms with Crippen LogP contribution in [0, 0.1) is 12.8 Å². The SMILES string of the molecule is Cc1noc(CCNC2CCCCC2C2CCCCN2)n1. The summed E-state index contributed by atoms with van der Waals surface area (Å²) < 4.78 is 5.18. The molecule has 3 atom stereocenters. The van der Waals surface area contributed by atoms with Crippen LogP contribution in [0.15, 0.2) is 4.52 Å². The van der Waals surface area contributed by atoms with Gasteiger partial charge in [-0.3, -0.25) is 0 Å². The fraction of sp³-hybridized carbons (Fsp3) is 0.875. The second-order valence-electron chi connectivity index (χ2n) is 6.55. The number of hydrogen-bond donors (Lipinski definition) is 2. The number of aromatic nitrogens is 2. The molecule has 21 heavy (non-hydrogen) atoms. The summed E-state index contributed by atoms with van der Waals surface area (Å²) in [5.74, 6) is 2.28. The van der Waals surface area contributed by atoms with Crippen molar-refractivity contribution in [2.75, 3.05) is 13.1 Å². The smallest absolute Gasteiger partial charge is 0.227 e. The molecule has 5 heteroatoms. The van der Waals surface area contributed by atoms with E-state index >= 15 is 0 Å². The molecule has 2 aliphatic rings. The quantitative estimate of drug-likeness (QED) is 0.871. The molecule has 5 nitrogen and oxygen atoms in total. The summed E-state index contributed by atoms with van der Waals surface area (Å²) in [5.41, 5.74) is 0. The number of nitrogens with one attached hydrogen (secondary N) is 2. The molecule has 2 heterocycles. The highest BCUT2D eigenvalue weighted by atomic mass is 16.5. The third kappa shape index (κ3) is 4.04. The zero-order chi connectivity index (χ0) is 14.5. The van der Waals surface area contributed by atoms with Gasteiger partial charge in [-0.05, 0) is 45.1 Å². The van der Waals surface area contributed by atoms with Crippen LogP contribution in [0.2, 0.25) is 0 Å². The van der Waals surface area contributed by atoms with E-state index in [1.165, 1.54) is 51.5 Å². The molecule has 118 valence electrons. The van der Waals surface area contributed by atoms with Crippen molar-refractivity contribution in [3.8, 4) is 0 Å². The van der Waals surface area contributed by atoms with Gasteiger partial charge in [-0.1, -0.05) is 24.4 Å². The Morgan fingerprint density at radius 3 is 2.81 bits per heavy atom.